The second-order valence-electron chi connectivity index (χ2n) is 3.00. The van der Waals surface area contributed by atoms with Crippen LogP contribution in [0.25, 0.3) is 0 Å². The van der Waals surface area contributed by atoms with Gasteiger partial charge in [0.25, 0.3) is 5.91 Å². The second kappa shape index (κ2) is 5.77. The van der Waals surface area contributed by atoms with Crippen molar-refractivity contribution in [1.82, 2.24) is 5.32 Å². The molecule has 0 heterocycles. The molecule has 0 aliphatic heterocycles. The van der Waals surface area contributed by atoms with Crippen molar-refractivity contribution < 1.29 is 9.00 Å². The quantitative estimate of drug-likeness (QED) is 0.435. The van der Waals surface area contributed by atoms with E-state index in [1.54, 1.807) is 18.2 Å². The highest BCUT2D eigenvalue weighted by molar-refractivity contribution is 7.84. The van der Waals surface area contributed by atoms with Crippen LogP contribution in [-0.2, 0) is 10.8 Å². The molecule has 0 saturated carbocycles. The molecule has 1 amide bonds. The number of amides is 1. The van der Waals surface area contributed by atoms with Crippen LogP contribution in [0.3, 0.4) is 0 Å². The summed E-state index contributed by atoms with van der Waals surface area (Å²) < 4.78 is 11.4. The van der Waals surface area contributed by atoms with Gasteiger partial charge in [0.1, 0.15) is 0 Å². The molecule has 1 rings (SSSR count). The van der Waals surface area contributed by atoms with E-state index in [4.69, 9.17) is 11.0 Å². The maximum atomic E-state index is 11.7. The fraction of sp³-hybridized carbons (Fsp3) is 0.100. The number of nitriles is 1. The summed E-state index contributed by atoms with van der Waals surface area (Å²) in [7, 11) is -1.29. The Kier molecular flexibility index (Phi) is 4.37. The molecule has 88 valence electrons. The Morgan fingerprint density at radius 1 is 1.53 bits per heavy atom. The van der Waals surface area contributed by atoms with E-state index in [-0.39, 0.29) is 11.5 Å². The zero-order valence-electron chi connectivity index (χ0n) is 9.01. The van der Waals surface area contributed by atoms with Crippen molar-refractivity contribution in [3.05, 3.63) is 29.8 Å². The minimum Gasteiger partial charge on any atom is -0.369 e. The molecule has 17 heavy (non-hydrogen) atoms. The summed E-state index contributed by atoms with van der Waals surface area (Å²) in [5.74, 6) is -0.846. The summed E-state index contributed by atoms with van der Waals surface area (Å²) in [6.45, 7) is 0. The molecule has 7 heteroatoms. The topological polar surface area (TPSA) is 108 Å². The number of nitrogens with zero attached hydrogens (tertiary/aromatic N) is 2. The molecule has 0 saturated heterocycles. The van der Waals surface area contributed by atoms with Crippen LogP contribution in [0, 0.1) is 11.5 Å². The first kappa shape index (κ1) is 12.9. The molecule has 1 unspecified atom stereocenters. The SMILES string of the molecule is CS(=O)c1ccccc1C(=O)NC(N)=NC#N. The summed E-state index contributed by atoms with van der Waals surface area (Å²) in [4.78, 5) is 15.3. The number of nitrogens with one attached hydrogen (secondary N) is 1. The largest absolute Gasteiger partial charge is 0.369 e. The van der Waals surface area contributed by atoms with Crippen LogP contribution in [0.5, 0.6) is 0 Å². The Balaban J connectivity index is 3.02. The van der Waals surface area contributed by atoms with E-state index in [0.29, 0.717) is 4.90 Å². The molecular formula is C10H10N4O2S. The fourth-order valence-corrected chi connectivity index (χ4v) is 1.91. The van der Waals surface area contributed by atoms with Crippen molar-refractivity contribution in [3.63, 3.8) is 0 Å². The zero-order chi connectivity index (χ0) is 12.8. The molecule has 3 N–H and O–H groups in total. The predicted octanol–water partition coefficient (Wildman–Crippen LogP) is -0.0504. The number of benzene rings is 1. The number of carbonyl (C=O) groups excluding carboxylic acids is 1. The van der Waals surface area contributed by atoms with Crippen molar-refractivity contribution in [2.45, 2.75) is 4.90 Å². The van der Waals surface area contributed by atoms with E-state index in [1.807, 2.05) is 0 Å². The number of aliphatic imine (C=N–C) groups is 1. The second-order valence-corrected chi connectivity index (χ2v) is 4.35. The molecule has 1 atom stereocenters. The van der Waals surface area contributed by atoms with Crippen molar-refractivity contribution >= 4 is 22.7 Å². The maximum Gasteiger partial charge on any atom is 0.259 e. The van der Waals surface area contributed by atoms with Crippen LogP contribution in [0.15, 0.2) is 34.2 Å². The standard InChI is InChI=1S/C10H10N4O2S/c1-17(16)8-5-3-2-4-7(8)9(15)14-10(12)13-6-11/h2-5H,1H3,(H3,12,13,14,15). The van der Waals surface area contributed by atoms with Gasteiger partial charge in [0.15, 0.2) is 0 Å². The van der Waals surface area contributed by atoms with Gasteiger partial charge in [-0.05, 0) is 12.1 Å². The van der Waals surface area contributed by atoms with Gasteiger partial charge in [0, 0.05) is 6.26 Å². The molecule has 1 aromatic carbocycles. The maximum absolute atomic E-state index is 11.7. The van der Waals surface area contributed by atoms with Gasteiger partial charge >= 0.3 is 0 Å². The first-order valence-electron chi connectivity index (χ1n) is 4.52. The molecule has 0 aliphatic carbocycles. The van der Waals surface area contributed by atoms with Crippen LogP contribution in [-0.4, -0.2) is 22.3 Å². The summed E-state index contributed by atoms with van der Waals surface area (Å²) in [5.41, 5.74) is 5.51. The highest BCUT2D eigenvalue weighted by Gasteiger charge is 2.13. The van der Waals surface area contributed by atoms with Gasteiger partial charge in [-0.15, -0.1) is 4.99 Å². The number of carbonyl (C=O) groups is 1. The van der Waals surface area contributed by atoms with Gasteiger partial charge in [0.2, 0.25) is 12.2 Å². The summed E-state index contributed by atoms with van der Waals surface area (Å²) >= 11 is 0. The minimum atomic E-state index is -1.29. The van der Waals surface area contributed by atoms with Gasteiger partial charge < -0.3 is 5.73 Å². The molecule has 0 aromatic heterocycles. The Bertz CT molecular complexity index is 533. The molecule has 6 nitrogen and oxygen atoms in total. The van der Waals surface area contributed by atoms with Crippen LogP contribution >= 0.6 is 0 Å². The van der Waals surface area contributed by atoms with Crippen molar-refractivity contribution in [1.29, 1.82) is 5.26 Å². The van der Waals surface area contributed by atoms with Gasteiger partial charge in [-0.25, -0.2) is 0 Å². The van der Waals surface area contributed by atoms with E-state index in [9.17, 15) is 9.00 Å². The first-order chi connectivity index (χ1) is 8.06. The third-order valence-electron chi connectivity index (χ3n) is 1.85. The number of nitrogens with two attached hydrogens (primary N) is 1. The third-order valence-corrected chi connectivity index (χ3v) is 2.83. The lowest BCUT2D eigenvalue weighted by atomic mass is 10.2. The lowest BCUT2D eigenvalue weighted by molar-refractivity contribution is 0.0973. The predicted molar refractivity (Wildman–Crippen MR) is 63.5 cm³/mol. The lowest BCUT2D eigenvalue weighted by Gasteiger charge is -2.06. The van der Waals surface area contributed by atoms with Crippen LogP contribution < -0.4 is 11.1 Å². The van der Waals surface area contributed by atoms with Gasteiger partial charge in [-0.2, -0.15) is 5.26 Å². The number of hydrogen-bond acceptors (Lipinski definition) is 4. The number of guanidine groups is 1. The Morgan fingerprint density at radius 2 is 2.18 bits per heavy atom. The zero-order valence-corrected chi connectivity index (χ0v) is 9.82. The van der Waals surface area contributed by atoms with Gasteiger partial charge in [-0.1, -0.05) is 12.1 Å². The molecule has 0 fully saturated rings. The summed E-state index contributed by atoms with van der Waals surface area (Å²) in [6, 6.07) is 6.43. The molecule has 0 spiro atoms. The normalized spacial score (nSPS) is 12.6. The summed E-state index contributed by atoms with van der Waals surface area (Å²) in [5, 5.41) is 10.5. The lowest BCUT2D eigenvalue weighted by Crippen LogP contribution is -2.37. The van der Waals surface area contributed by atoms with Gasteiger partial charge in [0.05, 0.1) is 21.3 Å². The fourth-order valence-electron chi connectivity index (χ4n) is 1.17. The molecule has 0 bridgehead atoms. The smallest absolute Gasteiger partial charge is 0.259 e. The average molecular weight is 250 g/mol. The van der Waals surface area contributed by atoms with Crippen molar-refractivity contribution in [3.8, 4) is 6.19 Å². The minimum absolute atomic E-state index is 0.240. The molecule has 0 radical (unpaired) electrons. The van der Waals surface area contributed by atoms with E-state index >= 15 is 0 Å². The Labute approximate surface area is 101 Å². The van der Waals surface area contributed by atoms with Crippen molar-refractivity contribution in [2.75, 3.05) is 6.26 Å². The molecular weight excluding hydrogens is 240 g/mol. The van der Waals surface area contributed by atoms with E-state index in [1.165, 1.54) is 18.5 Å². The Hall–Kier alpha value is -2.20. The van der Waals surface area contributed by atoms with Crippen LogP contribution in [0.4, 0.5) is 0 Å². The Morgan fingerprint density at radius 3 is 2.76 bits per heavy atom. The van der Waals surface area contributed by atoms with Gasteiger partial charge in [-0.3, -0.25) is 14.3 Å². The molecule has 0 aliphatic rings. The van der Waals surface area contributed by atoms with Crippen LogP contribution in [0.2, 0.25) is 0 Å². The number of rotatable bonds is 2. The monoisotopic (exact) mass is 250 g/mol. The van der Waals surface area contributed by atoms with Crippen LogP contribution in [0.1, 0.15) is 10.4 Å². The van der Waals surface area contributed by atoms with E-state index in [0.717, 1.165) is 0 Å². The van der Waals surface area contributed by atoms with E-state index < -0.39 is 16.7 Å². The average Bonchev–Trinajstić information content (AvgIpc) is 2.29. The molecule has 1 aromatic rings. The first-order valence-corrected chi connectivity index (χ1v) is 6.08. The van der Waals surface area contributed by atoms with Crippen molar-refractivity contribution in [2.24, 2.45) is 10.7 Å². The highest BCUT2D eigenvalue weighted by atomic mass is 32.2. The highest BCUT2D eigenvalue weighted by Crippen LogP contribution is 2.11. The number of hydrogen-bond donors (Lipinski definition) is 2. The summed E-state index contributed by atoms with van der Waals surface area (Å²) in [6.07, 6.45) is 2.92. The third kappa shape index (κ3) is 3.39. The van der Waals surface area contributed by atoms with E-state index in [2.05, 4.69) is 10.3 Å².